The van der Waals surface area contributed by atoms with E-state index in [2.05, 4.69) is 5.32 Å². The summed E-state index contributed by atoms with van der Waals surface area (Å²) in [6, 6.07) is 13.1. The summed E-state index contributed by atoms with van der Waals surface area (Å²) in [5.74, 6) is -0.568. The minimum Gasteiger partial charge on any atom is -0.444 e. The smallest absolute Gasteiger partial charge is 0.412 e. The molecule has 0 fully saturated rings. The minimum atomic E-state index is -0.731. The molecular weight excluding hydrogens is 269 g/mol. The number of carbonyl (C=O) groups is 1. The van der Waals surface area contributed by atoms with Crippen LogP contribution in [0.1, 0.15) is 5.56 Å². The van der Waals surface area contributed by atoms with Crippen LogP contribution in [0.4, 0.5) is 14.9 Å². The van der Waals surface area contributed by atoms with Gasteiger partial charge in [0.25, 0.3) is 0 Å². The fourth-order valence-corrected chi connectivity index (χ4v) is 1.63. The van der Waals surface area contributed by atoms with Gasteiger partial charge >= 0.3 is 6.09 Å². The van der Waals surface area contributed by atoms with Crippen LogP contribution in [0, 0.1) is 5.82 Å². The van der Waals surface area contributed by atoms with Crippen LogP contribution in [-0.4, -0.2) is 6.09 Å². The molecule has 0 aliphatic heterocycles. The highest BCUT2D eigenvalue weighted by Gasteiger charge is 2.08. The van der Waals surface area contributed by atoms with E-state index in [0.29, 0.717) is 5.02 Å². The van der Waals surface area contributed by atoms with Crippen molar-refractivity contribution in [2.45, 2.75) is 6.61 Å². The Hall–Kier alpha value is -2.07. The Morgan fingerprint density at radius 1 is 1.21 bits per heavy atom. The van der Waals surface area contributed by atoms with Gasteiger partial charge in [0, 0.05) is 5.02 Å². The Morgan fingerprint density at radius 3 is 2.68 bits per heavy atom. The highest BCUT2D eigenvalue weighted by atomic mass is 35.5. The first kappa shape index (κ1) is 13.4. The van der Waals surface area contributed by atoms with Crippen LogP contribution >= 0.6 is 11.6 Å². The maximum atomic E-state index is 13.4. The first-order valence-corrected chi connectivity index (χ1v) is 5.96. The van der Waals surface area contributed by atoms with Crippen molar-refractivity contribution in [1.82, 2.24) is 0 Å². The molecule has 19 heavy (non-hydrogen) atoms. The van der Waals surface area contributed by atoms with E-state index in [9.17, 15) is 9.18 Å². The molecule has 2 rings (SSSR count). The largest absolute Gasteiger partial charge is 0.444 e. The third kappa shape index (κ3) is 3.96. The van der Waals surface area contributed by atoms with Crippen LogP contribution in [0.5, 0.6) is 0 Å². The highest BCUT2D eigenvalue weighted by Crippen LogP contribution is 2.19. The zero-order chi connectivity index (χ0) is 13.7. The Labute approximate surface area is 115 Å². The third-order valence-electron chi connectivity index (χ3n) is 2.38. The number of nitrogens with one attached hydrogen (secondary N) is 1. The molecule has 0 unspecified atom stereocenters. The number of halogens is 2. The molecule has 5 heteroatoms. The van der Waals surface area contributed by atoms with Crippen molar-refractivity contribution >= 4 is 23.4 Å². The number of carbonyl (C=O) groups excluding carboxylic acids is 1. The summed E-state index contributed by atoms with van der Waals surface area (Å²) in [5.41, 5.74) is 0.842. The molecule has 0 saturated carbocycles. The third-order valence-corrected chi connectivity index (χ3v) is 2.61. The second-order valence-electron chi connectivity index (χ2n) is 3.81. The number of anilines is 1. The Morgan fingerprint density at radius 2 is 1.95 bits per heavy atom. The van der Waals surface area contributed by atoms with E-state index in [1.54, 1.807) is 0 Å². The van der Waals surface area contributed by atoms with Gasteiger partial charge in [-0.05, 0) is 23.8 Å². The lowest BCUT2D eigenvalue weighted by Gasteiger charge is -2.08. The number of amides is 1. The van der Waals surface area contributed by atoms with Gasteiger partial charge in [-0.15, -0.1) is 0 Å². The van der Waals surface area contributed by atoms with Gasteiger partial charge in [0.05, 0.1) is 5.69 Å². The molecule has 0 aliphatic carbocycles. The number of ether oxygens (including phenoxy) is 1. The maximum absolute atomic E-state index is 13.4. The van der Waals surface area contributed by atoms with E-state index >= 15 is 0 Å². The molecule has 0 aliphatic rings. The maximum Gasteiger partial charge on any atom is 0.412 e. The van der Waals surface area contributed by atoms with E-state index in [1.165, 1.54) is 18.2 Å². The fourth-order valence-electron chi connectivity index (χ4n) is 1.46. The van der Waals surface area contributed by atoms with Gasteiger partial charge in [0.1, 0.15) is 12.4 Å². The average Bonchev–Trinajstić information content (AvgIpc) is 2.42. The van der Waals surface area contributed by atoms with Crippen molar-refractivity contribution < 1.29 is 13.9 Å². The van der Waals surface area contributed by atoms with Crippen molar-refractivity contribution in [2.75, 3.05) is 5.32 Å². The summed E-state index contributed by atoms with van der Waals surface area (Å²) in [7, 11) is 0. The van der Waals surface area contributed by atoms with Crippen molar-refractivity contribution in [3.05, 3.63) is 64.9 Å². The second kappa shape index (κ2) is 6.20. The molecule has 0 aromatic heterocycles. The summed E-state index contributed by atoms with van der Waals surface area (Å²) in [4.78, 5) is 11.5. The lowest BCUT2D eigenvalue weighted by atomic mass is 10.2. The Kier molecular flexibility index (Phi) is 4.36. The molecule has 0 spiro atoms. The van der Waals surface area contributed by atoms with Gasteiger partial charge in [-0.3, -0.25) is 5.32 Å². The van der Waals surface area contributed by atoms with E-state index in [4.69, 9.17) is 16.3 Å². The molecule has 1 amide bonds. The summed E-state index contributed by atoms with van der Waals surface area (Å²) in [5, 5.41) is 2.63. The van der Waals surface area contributed by atoms with Gasteiger partial charge in [-0.1, -0.05) is 41.9 Å². The number of hydrogen-bond donors (Lipinski definition) is 1. The summed E-state index contributed by atoms with van der Waals surface area (Å²) in [6.45, 7) is 0.120. The van der Waals surface area contributed by atoms with Crippen molar-refractivity contribution in [3.8, 4) is 0 Å². The molecule has 0 bridgehead atoms. The quantitative estimate of drug-likeness (QED) is 0.913. The molecule has 1 N–H and O–H groups in total. The standard InChI is InChI=1S/C14H11ClFNO2/c15-11-6-7-12(16)13(8-11)17-14(18)19-9-10-4-2-1-3-5-10/h1-8H,9H2,(H,17,18). The zero-order valence-electron chi connectivity index (χ0n) is 9.90. The molecule has 0 saturated heterocycles. The SMILES string of the molecule is O=C(Nc1cc(Cl)ccc1F)OCc1ccccc1. The van der Waals surface area contributed by atoms with Gasteiger partial charge in [-0.25, -0.2) is 9.18 Å². The highest BCUT2D eigenvalue weighted by molar-refractivity contribution is 6.30. The normalized spacial score (nSPS) is 10.0. The molecule has 3 nitrogen and oxygen atoms in total. The minimum absolute atomic E-state index is 0.00874. The molecule has 0 radical (unpaired) electrons. The van der Waals surface area contributed by atoms with Gasteiger partial charge in [-0.2, -0.15) is 0 Å². The van der Waals surface area contributed by atoms with Crippen LogP contribution in [0.3, 0.4) is 0 Å². The topological polar surface area (TPSA) is 38.3 Å². The van der Waals surface area contributed by atoms with Gasteiger partial charge in [0.15, 0.2) is 0 Å². The monoisotopic (exact) mass is 279 g/mol. The van der Waals surface area contributed by atoms with Crippen LogP contribution in [-0.2, 0) is 11.3 Å². The molecule has 2 aromatic carbocycles. The predicted molar refractivity (Wildman–Crippen MR) is 71.7 cm³/mol. The predicted octanol–water partition coefficient (Wildman–Crippen LogP) is 4.23. The lowest BCUT2D eigenvalue weighted by molar-refractivity contribution is 0.155. The van der Waals surface area contributed by atoms with Crippen LogP contribution in [0.15, 0.2) is 48.5 Å². The van der Waals surface area contributed by atoms with Crippen LogP contribution in [0.2, 0.25) is 5.02 Å². The molecule has 2 aromatic rings. The van der Waals surface area contributed by atoms with Crippen molar-refractivity contribution in [1.29, 1.82) is 0 Å². The first-order chi connectivity index (χ1) is 9.15. The summed E-state index contributed by atoms with van der Waals surface area (Å²) >= 11 is 5.71. The fraction of sp³-hybridized carbons (Fsp3) is 0.0714. The molecule has 0 atom stereocenters. The number of hydrogen-bond acceptors (Lipinski definition) is 2. The molecular formula is C14H11ClFNO2. The van der Waals surface area contributed by atoms with Crippen LogP contribution in [0.25, 0.3) is 0 Å². The Balaban J connectivity index is 1.93. The average molecular weight is 280 g/mol. The zero-order valence-corrected chi connectivity index (χ0v) is 10.7. The number of rotatable bonds is 3. The Bertz CT molecular complexity index is 575. The van der Waals surface area contributed by atoms with E-state index < -0.39 is 11.9 Å². The van der Waals surface area contributed by atoms with Crippen LogP contribution < -0.4 is 5.32 Å². The second-order valence-corrected chi connectivity index (χ2v) is 4.25. The summed E-state index contributed by atoms with van der Waals surface area (Å²) in [6.07, 6.45) is -0.731. The van der Waals surface area contributed by atoms with Gasteiger partial charge < -0.3 is 4.74 Å². The van der Waals surface area contributed by atoms with E-state index in [-0.39, 0.29) is 12.3 Å². The first-order valence-electron chi connectivity index (χ1n) is 5.58. The van der Waals surface area contributed by atoms with Crippen molar-refractivity contribution in [3.63, 3.8) is 0 Å². The number of benzene rings is 2. The van der Waals surface area contributed by atoms with E-state index in [0.717, 1.165) is 5.56 Å². The molecule has 0 heterocycles. The molecule has 98 valence electrons. The van der Waals surface area contributed by atoms with E-state index in [1.807, 2.05) is 30.3 Å². The van der Waals surface area contributed by atoms with Gasteiger partial charge in [0.2, 0.25) is 0 Å². The summed E-state index contributed by atoms with van der Waals surface area (Å²) < 4.78 is 18.3. The lowest BCUT2D eigenvalue weighted by Crippen LogP contribution is -2.14. The van der Waals surface area contributed by atoms with Crippen molar-refractivity contribution in [2.24, 2.45) is 0 Å².